The molecule has 0 aliphatic heterocycles. The molecule has 0 aliphatic rings. The van der Waals surface area contributed by atoms with Crippen LogP contribution < -0.4 is 5.32 Å². The van der Waals surface area contributed by atoms with Crippen molar-refractivity contribution in [3.05, 3.63) is 29.3 Å². The van der Waals surface area contributed by atoms with Gasteiger partial charge in [-0.05, 0) is 40.9 Å². The Hall–Kier alpha value is -1.31. The standard InChI is InChI=1S/C17H27NO/c1-7-16(3,4)13-10-9-11-14(18-12-19)15(13)17(5,6)8-2/h9-12H,7-8H2,1-6H3,(H,18,19). The first kappa shape index (κ1) is 15.7. The lowest BCUT2D eigenvalue weighted by Crippen LogP contribution is -2.27. The van der Waals surface area contributed by atoms with Crippen LogP contribution in [0.5, 0.6) is 0 Å². The van der Waals surface area contributed by atoms with Crippen molar-refractivity contribution in [1.82, 2.24) is 0 Å². The molecule has 1 amide bonds. The molecule has 1 aromatic rings. The second kappa shape index (κ2) is 5.77. The summed E-state index contributed by atoms with van der Waals surface area (Å²) >= 11 is 0. The lowest BCUT2D eigenvalue weighted by atomic mass is 9.71. The monoisotopic (exact) mass is 261 g/mol. The highest BCUT2D eigenvalue weighted by atomic mass is 16.1. The van der Waals surface area contributed by atoms with Gasteiger partial charge in [-0.15, -0.1) is 0 Å². The summed E-state index contributed by atoms with van der Waals surface area (Å²) in [4.78, 5) is 10.9. The molecule has 0 heterocycles. The fraction of sp³-hybridized carbons (Fsp3) is 0.588. The molecule has 0 saturated carbocycles. The van der Waals surface area contributed by atoms with E-state index in [0.29, 0.717) is 0 Å². The fourth-order valence-electron chi connectivity index (χ4n) is 2.40. The van der Waals surface area contributed by atoms with Gasteiger partial charge in [0, 0.05) is 5.69 Å². The van der Waals surface area contributed by atoms with Crippen LogP contribution in [0.2, 0.25) is 0 Å². The lowest BCUT2D eigenvalue weighted by Gasteiger charge is -2.35. The molecule has 1 rings (SSSR count). The maximum Gasteiger partial charge on any atom is 0.211 e. The Bertz CT molecular complexity index is 447. The largest absolute Gasteiger partial charge is 0.328 e. The summed E-state index contributed by atoms with van der Waals surface area (Å²) in [6.07, 6.45) is 2.88. The van der Waals surface area contributed by atoms with E-state index in [-0.39, 0.29) is 10.8 Å². The van der Waals surface area contributed by atoms with Crippen molar-refractivity contribution in [3.8, 4) is 0 Å². The van der Waals surface area contributed by atoms with Crippen molar-refractivity contribution in [2.75, 3.05) is 5.32 Å². The second-order valence-corrected chi connectivity index (χ2v) is 6.47. The highest BCUT2D eigenvalue weighted by Gasteiger charge is 2.30. The third-order valence-corrected chi connectivity index (χ3v) is 4.45. The average molecular weight is 261 g/mol. The molecular formula is C17H27NO. The van der Waals surface area contributed by atoms with Crippen LogP contribution in [0.1, 0.15) is 65.5 Å². The van der Waals surface area contributed by atoms with Crippen molar-refractivity contribution < 1.29 is 4.79 Å². The van der Waals surface area contributed by atoms with E-state index in [2.05, 4.69) is 52.9 Å². The maximum atomic E-state index is 10.9. The van der Waals surface area contributed by atoms with Crippen LogP contribution in [-0.4, -0.2) is 6.41 Å². The summed E-state index contributed by atoms with van der Waals surface area (Å²) in [5.74, 6) is 0. The van der Waals surface area contributed by atoms with Gasteiger partial charge in [0.05, 0.1) is 0 Å². The van der Waals surface area contributed by atoms with Gasteiger partial charge in [-0.25, -0.2) is 0 Å². The van der Waals surface area contributed by atoms with Gasteiger partial charge >= 0.3 is 0 Å². The first-order chi connectivity index (χ1) is 8.80. The molecule has 0 aliphatic carbocycles. The number of hydrogen-bond acceptors (Lipinski definition) is 1. The van der Waals surface area contributed by atoms with Gasteiger partial charge < -0.3 is 5.32 Å². The number of carbonyl (C=O) groups is 1. The van der Waals surface area contributed by atoms with Crippen molar-refractivity contribution in [1.29, 1.82) is 0 Å². The smallest absolute Gasteiger partial charge is 0.211 e. The molecule has 19 heavy (non-hydrogen) atoms. The Morgan fingerprint density at radius 3 is 2.11 bits per heavy atom. The number of carbonyl (C=O) groups excluding carboxylic acids is 1. The zero-order valence-corrected chi connectivity index (χ0v) is 13.1. The van der Waals surface area contributed by atoms with Gasteiger partial charge in [0.2, 0.25) is 6.41 Å². The van der Waals surface area contributed by atoms with Crippen molar-refractivity contribution >= 4 is 12.1 Å². The van der Waals surface area contributed by atoms with Gasteiger partial charge in [0.1, 0.15) is 0 Å². The molecule has 0 bridgehead atoms. The maximum absolute atomic E-state index is 10.9. The van der Waals surface area contributed by atoms with Crippen LogP contribution >= 0.6 is 0 Å². The van der Waals surface area contributed by atoms with Crippen LogP contribution in [0, 0.1) is 0 Å². The first-order valence-electron chi connectivity index (χ1n) is 7.14. The summed E-state index contributed by atoms with van der Waals surface area (Å²) in [5.41, 5.74) is 3.72. The summed E-state index contributed by atoms with van der Waals surface area (Å²) in [7, 11) is 0. The van der Waals surface area contributed by atoms with Gasteiger partial charge in [0.15, 0.2) is 0 Å². The normalized spacial score (nSPS) is 12.3. The molecule has 0 atom stereocenters. The number of rotatable bonds is 6. The summed E-state index contributed by atoms with van der Waals surface area (Å²) in [5, 5.41) is 2.87. The number of hydrogen-bond donors (Lipinski definition) is 1. The Kier molecular flexibility index (Phi) is 4.78. The molecular weight excluding hydrogens is 234 g/mol. The third-order valence-electron chi connectivity index (χ3n) is 4.45. The molecule has 2 nitrogen and oxygen atoms in total. The van der Waals surface area contributed by atoms with Gasteiger partial charge in [-0.2, -0.15) is 0 Å². The summed E-state index contributed by atoms with van der Waals surface area (Å²) in [6, 6.07) is 6.23. The van der Waals surface area contributed by atoms with E-state index in [0.717, 1.165) is 24.9 Å². The highest BCUT2D eigenvalue weighted by Crippen LogP contribution is 2.41. The third kappa shape index (κ3) is 3.17. The van der Waals surface area contributed by atoms with Gasteiger partial charge in [-0.3, -0.25) is 4.79 Å². The molecule has 0 aromatic heterocycles. The Balaban J connectivity index is 3.56. The molecule has 0 fully saturated rings. The Morgan fingerprint density at radius 1 is 1.05 bits per heavy atom. The minimum atomic E-state index is 0.0500. The number of nitrogens with one attached hydrogen (secondary N) is 1. The van der Waals surface area contributed by atoms with Crippen LogP contribution in [-0.2, 0) is 15.6 Å². The predicted octanol–water partition coefficient (Wildman–Crippen LogP) is 4.63. The average Bonchev–Trinajstić information content (AvgIpc) is 2.38. The Labute approximate surface area is 117 Å². The van der Waals surface area contributed by atoms with E-state index in [4.69, 9.17) is 0 Å². The van der Waals surface area contributed by atoms with E-state index in [1.165, 1.54) is 11.1 Å². The van der Waals surface area contributed by atoms with Gasteiger partial charge in [0.25, 0.3) is 0 Å². The molecule has 0 unspecified atom stereocenters. The van der Waals surface area contributed by atoms with Crippen molar-refractivity contribution in [3.63, 3.8) is 0 Å². The molecule has 0 spiro atoms. The zero-order valence-electron chi connectivity index (χ0n) is 13.1. The van der Waals surface area contributed by atoms with E-state index >= 15 is 0 Å². The minimum Gasteiger partial charge on any atom is -0.328 e. The molecule has 0 saturated heterocycles. The van der Waals surface area contributed by atoms with E-state index in [1.54, 1.807) is 0 Å². The number of amides is 1. The van der Waals surface area contributed by atoms with E-state index in [9.17, 15) is 4.79 Å². The minimum absolute atomic E-state index is 0.0500. The van der Waals surface area contributed by atoms with Crippen LogP contribution in [0.15, 0.2) is 18.2 Å². The fourth-order valence-corrected chi connectivity index (χ4v) is 2.40. The SMILES string of the molecule is CCC(C)(C)c1cccc(NC=O)c1C(C)(C)CC. The summed E-state index contributed by atoms with van der Waals surface area (Å²) in [6.45, 7) is 13.4. The quantitative estimate of drug-likeness (QED) is 0.743. The first-order valence-corrected chi connectivity index (χ1v) is 7.14. The highest BCUT2D eigenvalue weighted by molar-refractivity contribution is 5.75. The number of anilines is 1. The molecule has 2 heteroatoms. The zero-order chi connectivity index (χ0) is 14.7. The lowest BCUT2D eigenvalue weighted by molar-refractivity contribution is -0.105. The summed E-state index contributed by atoms with van der Waals surface area (Å²) < 4.78 is 0. The van der Waals surface area contributed by atoms with E-state index < -0.39 is 0 Å². The molecule has 1 N–H and O–H groups in total. The predicted molar refractivity (Wildman–Crippen MR) is 82.8 cm³/mol. The van der Waals surface area contributed by atoms with Crippen LogP contribution in [0.25, 0.3) is 0 Å². The molecule has 106 valence electrons. The number of benzene rings is 1. The van der Waals surface area contributed by atoms with Crippen LogP contribution in [0.4, 0.5) is 5.69 Å². The van der Waals surface area contributed by atoms with Crippen LogP contribution in [0.3, 0.4) is 0 Å². The molecule has 0 radical (unpaired) electrons. The van der Waals surface area contributed by atoms with Crippen molar-refractivity contribution in [2.45, 2.75) is 65.2 Å². The Morgan fingerprint density at radius 2 is 1.63 bits per heavy atom. The second-order valence-electron chi connectivity index (χ2n) is 6.47. The van der Waals surface area contributed by atoms with Gasteiger partial charge in [-0.1, -0.05) is 53.7 Å². The van der Waals surface area contributed by atoms with E-state index in [1.807, 2.05) is 12.1 Å². The van der Waals surface area contributed by atoms with Crippen molar-refractivity contribution in [2.24, 2.45) is 0 Å². The topological polar surface area (TPSA) is 29.1 Å². The molecule has 1 aromatic carbocycles.